The van der Waals surface area contributed by atoms with E-state index in [1.165, 1.54) is 22.5 Å². The van der Waals surface area contributed by atoms with Crippen molar-refractivity contribution in [2.45, 2.75) is 17.7 Å². The van der Waals surface area contributed by atoms with Crippen LogP contribution >= 0.6 is 11.6 Å². The van der Waals surface area contributed by atoms with Crippen molar-refractivity contribution in [1.29, 1.82) is 5.26 Å². The van der Waals surface area contributed by atoms with Gasteiger partial charge in [-0.3, -0.25) is 0 Å². The molecule has 1 heterocycles. The smallest absolute Gasteiger partial charge is 0.244 e. The minimum atomic E-state index is -3.69. The summed E-state index contributed by atoms with van der Waals surface area (Å²) in [7, 11) is -3.69. The second-order valence-electron chi connectivity index (χ2n) is 4.79. The summed E-state index contributed by atoms with van der Waals surface area (Å²) in [6.45, 7) is 0.805. The number of aliphatic hydroxyl groups is 1. The van der Waals surface area contributed by atoms with Gasteiger partial charge >= 0.3 is 0 Å². The van der Waals surface area contributed by atoms with E-state index in [0.717, 1.165) is 0 Å². The van der Waals surface area contributed by atoms with Crippen molar-refractivity contribution in [2.24, 2.45) is 5.92 Å². The van der Waals surface area contributed by atoms with E-state index in [1.54, 1.807) is 0 Å². The molecule has 2 rings (SSSR count). The maximum atomic E-state index is 12.5. The third-order valence-electron chi connectivity index (χ3n) is 3.51. The van der Waals surface area contributed by atoms with Crippen molar-refractivity contribution in [3.05, 3.63) is 28.8 Å². The van der Waals surface area contributed by atoms with E-state index in [4.69, 9.17) is 22.0 Å². The van der Waals surface area contributed by atoms with Crippen LogP contribution in [-0.4, -0.2) is 37.5 Å². The predicted molar refractivity (Wildman–Crippen MR) is 74.7 cm³/mol. The number of benzene rings is 1. The van der Waals surface area contributed by atoms with Crippen LogP contribution < -0.4 is 0 Å². The molecule has 20 heavy (non-hydrogen) atoms. The van der Waals surface area contributed by atoms with Crippen LogP contribution in [0.5, 0.6) is 0 Å². The largest absolute Gasteiger partial charge is 0.396 e. The molecule has 0 aliphatic carbocycles. The third kappa shape index (κ3) is 2.96. The minimum absolute atomic E-state index is 0.0272. The summed E-state index contributed by atoms with van der Waals surface area (Å²) in [5, 5.41) is 18.1. The maximum absolute atomic E-state index is 12.5. The molecular weight excluding hydrogens is 300 g/mol. The second-order valence-corrected chi connectivity index (χ2v) is 7.10. The molecule has 0 saturated carbocycles. The van der Waals surface area contributed by atoms with Crippen molar-refractivity contribution < 1.29 is 13.5 Å². The first-order chi connectivity index (χ1) is 9.48. The standard InChI is InChI=1S/C13H15ClN2O3S/c14-12-2-1-11(8-15)7-13(12)20(18,19)16-5-3-10(9-17)4-6-16/h1-2,7,10,17H,3-6,9H2. The Morgan fingerprint density at radius 2 is 2.05 bits per heavy atom. The summed E-state index contributed by atoms with van der Waals surface area (Å²) in [4.78, 5) is -0.0272. The Hall–Kier alpha value is -1.13. The van der Waals surface area contributed by atoms with E-state index in [9.17, 15) is 8.42 Å². The molecule has 108 valence electrons. The fourth-order valence-electron chi connectivity index (χ4n) is 2.24. The summed E-state index contributed by atoms with van der Waals surface area (Å²) in [6, 6.07) is 6.12. The Bertz CT molecular complexity index is 632. The molecule has 1 aliphatic heterocycles. The topological polar surface area (TPSA) is 81.4 Å². The minimum Gasteiger partial charge on any atom is -0.396 e. The van der Waals surface area contributed by atoms with Gasteiger partial charge in [0.1, 0.15) is 4.90 Å². The Morgan fingerprint density at radius 1 is 1.40 bits per heavy atom. The lowest BCUT2D eigenvalue weighted by atomic mass is 10.00. The number of nitrogens with zero attached hydrogens (tertiary/aromatic N) is 2. The molecule has 1 saturated heterocycles. The predicted octanol–water partition coefficient (Wildman–Crippen LogP) is 1.60. The monoisotopic (exact) mass is 314 g/mol. The zero-order chi connectivity index (χ0) is 14.8. The van der Waals surface area contributed by atoms with Gasteiger partial charge in [0.15, 0.2) is 0 Å². The quantitative estimate of drug-likeness (QED) is 0.919. The molecule has 1 aromatic rings. The summed E-state index contributed by atoms with van der Waals surface area (Å²) >= 11 is 5.96. The molecule has 1 fully saturated rings. The Balaban J connectivity index is 2.30. The van der Waals surface area contributed by atoms with Gasteiger partial charge in [0.05, 0.1) is 16.7 Å². The van der Waals surface area contributed by atoms with Crippen molar-refractivity contribution in [1.82, 2.24) is 4.31 Å². The molecule has 7 heteroatoms. The van der Waals surface area contributed by atoms with Gasteiger partial charge in [0, 0.05) is 19.7 Å². The van der Waals surface area contributed by atoms with Crippen molar-refractivity contribution >= 4 is 21.6 Å². The summed E-state index contributed by atoms with van der Waals surface area (Å²) in [6.07, 6.45) is 1.26. The number of rotatable bonds is 3. The molecule has 0 aromatic heterocycles. The average molecular weight is 315 g/mol. The van der Waals surface area contributed by atoms with E-state index in [2.05, 4.69) is 0 Å². The molecule has 0 bridgehead atoms. The van der Waals surface area contributed by atoms with Crippen LogP contribution in [0.2, 0.25) is 5.02 Å². The fourth-order valence-corrected chi connectivity index (χ4v) is 4.21. The molecule has 1 N–H and O–H groups in total. The van der Waals surface area contributed by atoms with Crippen LogP contribution in [0.1, 0.15) is 18.4 Å². The summed E-state index contributed by atoms with van der Waals surface area (Å²) in [5.74, 6) is 0.155. The normalized spacial score (nSPS) is 17.9. The highest BCUT2D eigenvalue weighted by Crippen LogP contribution is 2.28. The first kappa shape index (κ1) is 15.3. The van der Waals surface area contributed by atoms with Gasteiger partial charge in [-0.1, -0.05) is 11.6 Å². The van der Waals surface area contributed by atoms with E-state index in [0.29, 0.717) is 25.9 Å². The molecule has 1 aromatic carbocycles. The lowest BCUT2D eigenvalue weighted by Gasteiger charge is -2.30. The summed E-state index contributed by atoms with van der Waals surface area (Å²) < 4.78 is 26.4. The van der Waals surface area contributed by atoms with E-state index in [1.807, 2.05) is 6.07 Å². The molecule has 1 aliphatic rings. The SMILES string of the molecule is N#Cc1ccc(Cl)c(S(=O)(=O)N2CCC(CO)CC2)c1. The van der Waals surface area contributed by atoms with Gasteiger partial charge in [0.25, 0.3) is 0 Å². The highest BCUT2D eigenvalue weighted by molar-refractivity contribution is 7.89. The van der Waals surface area contributed by atoms with Crippen LogP contribution in [0.4, 0.5) is 0 Å². The van der Waals surface area contributed by atoms with Crippen molar-refractivity contribution in [3.63, 3.8) is 0 Å². The molecule has 0 radical (unpaired) electrons. The first-order valence-electron chi connectivity index (χ1n) is 6.29. The number of piperidine rings is 1. The maximum Gasteiger partial charge on any atom is 0.244 e. The van der Waals surface area contributed by atoms with Gasteiger partial charge in [0.2, 0.25) is 10.0 Å². The third-order valence-corrected chi connectivity index (χ3v) is 5.89. The molecule has 0 atom stereocenters. The molecule has 5 nitrogen and oxygen atoms in total. The number of sulfonamides is 1. The average Bonchev–Trinajstić information content (AvgIpc) is 2.47. The zero-order valence-electron chi connectivity index (χ0n) is 10.8. The first-order valence-corrected chi connectivity index (χ1v) is 8.11. The second kappa shape index (κ2) is 6.10. The highest BCUT2D eigenvalue weighted by atomic mass is 35.5. The Labute approximate surface area is 123 Å². The van der Waals surface area contributed by atoms with Crippen LogP contribution in [0.25, 0.3) is 0 Å². The number of hydrogen-bond donors (Lipinski definition) is 1. The Morgan fingerprint density at radius 3 is 2.60 bits per heavy atom. The van der Waals surface area contributed by atoms with Crippen LogP contribution in [0.3, 0.4) is 0 Å². The molecule has 0 spiro atoms. The van der Waals surface area contributed by atoms with E-state index < -0.39 is 10.0 Å². The Kier molecular flexibility index (Phi) is 4.66. The van der Waals surface area contributed by atoms with Gasteiger partial charge in [-0.2, -0.15) is 9.57 Å². The van der Waals surface area contributed by atoms with Crippen LogP contribution in [0, 0.1) is 17.2 Å². The fraction of sp³-hybridized carbons (Fsp3) is 0.462. The van der Waals surface area contributed by atoms with Crippen molar-refractivity contribution in [2.75, 3.05) is 19.7 Å². The zero-order valence-corrected chi connectivity index (χ0v) is 12.4. The van der Waals surface area contributed by atoms with E-state index in [-0.39, 0.29) is 28.0 Å². The molecular formula is C13H15ClN2O3S. The van der Waals surface area contributed by atoms with Gasteiger partial charge in [-0.15, -0.1) is 0 Å². The number of halogens is 1. The number of aliphatic hydroxyl groups excluding tert-OH is 1. The van der Waals surface area contributed by atoms with E-state index >= 15 is 0 Å². The number of hydrogen-bond acceptors (Lipinski definition) is 4. The van der Waals surface area contributed by atoms with Gasteiger partial charge < -0.3 is 5.11 Å². The molecule has 0 unspecified atom stereocenters. The van der Waals surface area contributed by atoms with Crippen molar-refractivity contribution in [3.8, 4) is 6.07 Å². The highest BCUT2D eigenvalue weighted by Gasteiger charge is 2.30. The lowest BCUT2D eigenvalue weighted by Crippen LogP contribution is -2.39. The summed E-state index contributed by atoms with van der Waals surface area (Å²) in [5.41, 5.74) is 0.262. The van der Waals surface area contributed by atoms with Crippen LogP contribution in [-0.2, 0) is 10.0 Å². The van der Waals surface area contributed by atoms with Gasteiger partial charge in [-0.25, -0.2) is 8.42 Å². The van der Waals surface area contributed by atoms with Gasteiger partial charge in [-0.05, 0) is 37.0 Å². The van der Waals surface area contributed by atoms with Crippen LogP contribution in [0.15, 0.2) is 23.1 Å². The molecule has 0 amide bonds. The number of nitriles is 1. The lowest BCUT2D eigenvalue weighted by molar-refractivity contribution is 0.170.